The normalized spacial score (nSPS) is 12.7. The van der Waals surface area contributed by atoms with Crippen LogP contribution in [0.25, 0.3) is 0 Å². The van der Waals surface area contributed by atoms with Crippen LogP contribution >= 0.6 is 0 Å². The molecule has 0 atom stereocenters. The fourth-order valence-corrected chi connectivity index (χ4v) is 0.823. The van der Waals surface area contributed by atoms with Gasteiger partial charge in [-0.05, 0) is 13.0 Å². The second kappa shape index (κ2) is 4.93. The van der Waals surface area contributed by atoms with Crippen LogP contribution in [0.3, 0.4) is 0 Å². The molecule has 0 fully saturated rings. The van der Waals surface area contributed by atoms with E-state index in [0.29, 0.717) is 5.71 Å². The van der Waals surface area contributed by atoms with Crippen molar-refractivity contribution in [3.8, 4) is 0 Å². The van der Waals surface area contributed by atoms with Crippen LogP contribution in [0.1, 0.15) is 12.6 Å². The SMILES string of the molecule is C/C(=N/N=C(/N)NO)c1cccc[nH+]1. The van der Waals surface area contributed by atoms with Gasteiger partial charge >= 0.3 is 0 Å². The van der Waals surface area contributed by atoms with E-state index >= 15 is 0 Å². The Morgan fingerprint density at radius 3 is 2.86 bits per heavy atom. The lowest BCUT2D eigenvalue weighted by molar-refractivity contribution is -0.380. The van der Waals surface area contributed by atoms with Crippen LogP contribution in [0.2, 0.25) is 0 Å². The summed E-state index contributed by atoms with van der Waals surface area (Å²) in [6, 6.07) is 5.60. The van der Waals surface area contributed by atoms with Crippen LogP contribution in [0.15, 0.2) is 34.6 Å². The minimum atomic E-state index is -0.153. The summed E-state index contributed by atoms with van der Waals surface area (Å²) in [4.78, 5) is 2.99. The van der Waals surface area contributed by atoms with E-state index in [1.54, 1.807) is 18.6 Å². The number of nitrogens with zero attached hydrogens (tertiary/aromatic N) is 2. The molecule has 74 valence electrons. The Morgan fingerprint density at radius 2 is 2.29 bits per heavy atom. The van der Waals surface area contributed by atoms with E-state index in [1.165, 1.54) is 0 Å². The van der Waals surface area contributed by atoms with E-state index in [9.17, 15) is 0 Å². The molecular formula is C8H12N5O+. The van der Waals surface area contributed by atoms with Gasteiger partial charge in [-0.3, -0.25) is 5.21 Å². The highest BCUT2D eigenvalue weighted by molar-refractivity contribution is 5.95. The minimum absolute atomic E-state index is 0.153. The maximum Gasteiger partial charge on any atom is 0.237 e. The van der Waals surface area contributed by atoms with E-state index in [-0.39, 0.29) is 5.96 Å². The van der Waals surface area contributed by atoms with Crippen molar-refractivity contribution in [2.45, 2.75) is 6.92 Å². The average Bonchev–Trinajstić information content (AvgIpc) is 2.26. The van der Waals surface area contributed by atoms with Gasteiger partial charge in [0, 0.05) is 12.1 Å². The molecule has 0 unspecified atom stereocenters. The highest BCUT2D eigenvalue weighted by Gasteiger charge is 2.02. The van der Waals surface area contributed by atoms with Crippen LogP contribution < -0.4 is 16.2 Å². The largest absolute Gasteiger partial charge is 0.367 e. The van der Waals surface area contributed by atoms with Crippen LogP contribution in [0.4, 0.5) is 0 Å². The summed E-state index contributed by atoms with van der Waals surface area (Å²) in [6.45, 7) is 1.78. The van der Waals surface area contributed by atoms with Crippen molar-refractivity contribution in [1.82, 2.24) is 5.48 Å². The van der Waals surface area contributed by atoms with Gasteiger partial charge in [0.15, 0.2) is 6.20 Å². The molecule has 1 rings (SSSR count). The number of hydroxylamine groups is 1. The number of guanidine groups is 1. The Labute approximate surface area is 81.1 Å². The number of nitrogens with one attached hydrogen (secondary N) is 2. The van der Waals surface area contributed by atoms with E-state index in [4.69, 9.17) is 10.9 Å². The van der Waals surface area contributed by atoms with Gasteiger partial charge in [0.05, 0.1) is 0 Å². The lowest BCUT2D eigenvalue weighted by atomic mass is 10.3. The fourth-order valence-electron chi connectivity index (χ4n) is 0.823. The molecule has 6 nitrogen and oxygen atoms in total. The molecule has 0 aliphatic carbocycles. The third-order valence-corrected chi connectivity index (χ3v) is 1.52. The summed E-state index contributed by atoms with van der Waals surface area (Å²) in [6.07, 6.45) is 1.78. The molecule has 0 aromatic carbocycles. The van der Waals surface area contributed by atoms with Gasteiger partial charge in [0.1, 0.15) is 5.71 Å². The van der Waals surface area contributed by atoms with Gasteiger partial charge in [0.25, 0.3) is 0 Å². The molecule has 0 aliphatic heterocycles. The van der Waals surface area contributed by atoms with Crippen LogP contribution in [-0.4, -0.2) is 16.9 Å². The van der Waals surface area contributed by atoms with E-state index in [1.807, 2.05) is 18.2 Å². The maximum absolute atomic E-state index is 8.34. The maximum atomic E-state index is 8.34. The second-order valence-corrected chi connectivity index (χ2v) is 2.56. The molecule has 0 radical (unpaired) electrons. The third-order valence-electron chi connectivity index (χ3n) is 1.52. The molecule has 0 aliphatic rings. The van der Waals surface area contributed by atoms with Crippen LogP contribution in [-0.2, 0) is 0 Å². The number of pyridine rings is 1. The summed E-state index contributed by atoms with van der Waals surface area (Å²) < 4.78 is 0. The quantitative estimate of drug-likeness (QED) is 0.337. The number of H-pyrrole nitrogens is 1. The van der Waals surface area contributed by atoms with Crippen molar-refractivity contribution in [3.63, 3.8) is 0 Å². The molecule has 5 N–H and O–H groups in total. The standard InChI is InChI=1S/C8H11N5O/c1-6(11-12-8(9)13-14)7-4-2-3-5-10-7/h2-5,14H,1H3,(H3,9,12,13)/p+1/b11-6-. The molecule has 1 aromatic heterocycles. The fraction of sp³-hybridized carbons (Fsp3) is 0.125. The predicted molar refractivity (Wildman–Crippen MR) is 51.8 cm³/mol. The highest BCUT2D eigenvalue weighted by atomic mass is 16.5. The summed E-state index contributed by atoms with van der Waals surface area (Å²) in [5.74, 6) is -0.153. The van der Waals surface area contributed by atoms with Crippen molar-refractivity contribution in [1.29, 1.82) is 0 Å². The lowest BCUT2D eigenvalue weighted by Gasteiger charge is -1.93. The first-order valence-electron chi connectivity index (χ1n) is 3.99. The molecule has 0 saturated heterocycles. The topological polar surface area (TPSA) is 97.1 Å². The molecular weight excluding hydrogens is 182 g/mol. The summed E-state index contributed by atoms with van der Waals surface area (Å²) in [7, 11) is 0. The zero-order valence-corrected chi connectivity index (χ0v) is 7.73. The number of aromatic amines is 1. The monoisotopic (exact) mass is 194 g/mol. The molecule has 1 aromatic rings. The van der Waals surface area contributed by atoms with Crippen LogP contribution in [0.5, 0.6) is 0 Å². The Kier molecular flexibility index (Phi) is 3.57. The second-order valence-electron chi connectivity index (χ2n) is 2.56. The predicted octanol–water partition coefficient (Wildman–Crippen LogP) is -0.482. The Bertz CT molecular complexity index is 346. The molecule has 6 heteroatoms. The van der Waals surface area contributed by atoms with Gasteiger partial charge in [-0.2, -0.15) is 0 Å². The smallest absolute Gasteiger partial charge is 0.237 e. The molecule has 0 bridgehead atoms. The summed E-state index contributed by atoms with van der Waals surface area (Å²) in [5, 5.41) is 15.6. The Morgan fingerprint density at radius 1 is 1.50 bits per heavy atom. The first kappa shape index (κ1) is 10.1. The van der Waals surface area contributed by atoms with Crippen LogP contribution in [0, 0.1) is 0 Å². The zero-order valence-electron chi connectivity index (χ0n) is 7.73. The molecule has 0 spiro atoms. The number of hydrogen-bond acceptors (Lipinski definition) is 3. The van der Waals surface area contributed by atoms with Gasteiger partial charge < -0.3 is 5.73 Å². The first-order valence-corrected chi connectivity index (χ1v) is 3.99. The third kappa shape index (κ3) is 2.83. The zero-order chi connectivity index (χ0) is 10.4. The highest BCUT2D eigenvalue weighted by Crippen LogP contribution is 1.92. The summed E-state index contributed by atoms with van der Waals surface area (Å²) in [5.41, 5.74) is 8.36. The average molecular weight is 194 g/mol. The number of nitrogens with two attached hydrogens (primary N) is 1. The van der Waals surface area contributed by atoms with Gasteiger partial charge in [-0.15, -0.1) is 10.2 Å². The van der Waals surface area contributed by atoms with E-state index in [2.05, 4.69) is 15.2 Å². The van der Waals surface area contributed by atoms with Crippen molar-refractivity contribution >= 4 is 11.7 Å². The van der Waals surface area contributed by atoms with Gasteiger partial charge in [-0.25, -0.2) is 10.5 Å². The number of hydrogen-bond donors (Lipinski definition) is 3. The minimum Gasteiger partial charge on any atom is -0.367 e. The Hall–Kier alpha value is -1.95. The van der Waals surface area contributed by atoms with Crippen molar-refractivity contribution < 1.29 is 10.2 Å². The van der Waals surface area contributed by atoms with Crippen molar-refractivity contribution in [2.75, 3.05) is 0 Å². The summed E-state index contributed by atoms with van der Waals surface area (Å²) >= 11 is 0. The molecule has 0 amide bonds. The van der Waals surface area contributed by atoms with E-state index < -0.39 is 0 Å². The molecule has 0 saturated carbocycles. The lowest BCUT2D eigenvalue weighted by Crippen LogP contribution is -2.27. The number of rotatable bonds is 2. The van der Waals surface area contributed by atoms with Gasteiger partial charge in [0.2, 0.25) is 11.7 Å². The van der Waals surface area contributed by atoms with E-state index in [0.717, 1.165) is 5.69 Å². The van der Waals surface area contributed by atoms with Crippen molar-refractivity contribution in [3.05, 3.63) is 30.1 Å². The number of aromatic nitrogens is 1. The van der Waals surface area contributed by atoms with Crippen molar-refractivity contribution in [2.24, 2.45) is 15.9 Å². The van der Waals surface area contributed by atoms with Gasteiger partial charge in [-0.1, -0.05) is 0 Å². The molecule has 14 heavy (non-hydrogen) atoms. The molecule has 1 heterocycles. The Balaban J connectivity index is 2.81. The first-order chi connectivity index (χ1) is 6.74.